The van der Waals surface area contributed by atoms with Gasteiger partial charge in [-0.05, 0) is 17.7 Å². The quantitative estimate of drug-likeness (QED) is 0.452. The Bertz CT molecular complexity index is 383. The van der Waals surface area contributed by atoms with Crippen LogP contribution in [0.1, 0.15) is 12.0 Å². The summed E-state index contributed by atoms with van der Waals surface area (Å²) in [4.78, 5) is 4.79. The Morgan fingerprint density at radius 3 is 2.75 bits per heavy atom. The smallest absolute Gasteiger partial charge is 0.159 e. The van der Waals surface area contributed by atoms with Crippen molar-refractivity contribution in [1.29, 1.82) is 0 Å². The van der Waals surface area contributed by atoms with Gasteiger partial charge in [-0.2, -0.15) is 0 Å². The van der Waals surface area contributed by atoms with Crippen molar-refractivity contribution in [2.24, 2.45) is 10.9 Å². The maximum atomic E-state index is 12.8. The number of nitrogens with two attached hydrogens (primary N) is 1. The van der Waals surface area contributed by atoms with Gasteiger partial charge in [-0.15, -0.1) is 0 Å². The number of amidine groups is 1. The number of hydrogen-bond donors (Lipinski definition) is 2. The lowest BCUT2D eigenvalue weighted by atomic mass is 10.2. The second-order valence-electron chi connectivity index (χ2n) is 3.08. The predicted molar refractivity (Wildman–Crippen MR) is 54.5 cm³/mol. The van der Waals surface area contributed by atoms with Gasteiger partial charge in [-0.3, -0.25) is 0 Å². The molecule has 0 heterocycles. The summed E-state index contributed by atoms with van der Waals surface area (Å²) in [6.45, 7) is -0.132. The van der Waals surface area contributed by atoms with Gasteiger partial charge in [0.25, 0.3) is 0 Å². The molecule has 1 aromatic rings. The van der Waals surface area contributed by atoms with Crippen molar-refractivity contribution < 1.29 is 18.7 Å². The number of nitrogens with zero attached hydrogens (tertiary/aromatic N) is 1. The molecule has 3 N–H and O–H groups in total. The molecule has 0 amide bonds. The van der Waals surface area contributed by atoms with E-state index in [0.717, 1.165) is 12.1 Å². The van der Waals surface area contributed by atoms with Crippen molar-refractivity contribution in [1.82, 2.24) is 0 Å². The van der Waals surface area contributed by atoms with Gasteiger partial charge in [0.05, 0.1) is 6.61 Å². The fraction of sp³-hybridized carbons (Fsp3) is 0.300. The molecule has 4 nitrogen and oxygen atoms in total. The molecule has 0 aromatic heterocycles. The molecule has 0 spiro atoms. The highest BCUT2D eigenvalue weighted by Gasteiger charge is 2.02. The van der Waals surface area contributed by atoms with E-state index in [9.17, 15) is 8.78 Å². The summed E-state index contributed by atoms with van der Waals surface area (Å²) < 4.78 is 25.3. The fourth-order valence-electron chi connectivity index (χ4n) is 0.979. The summed E-state index contributed by atoms with van der Waals surface area (Å²) in [6.07, 6.45) is 0.206. The van der Waals surface area contributed by atoms with Crippen LogP contribution in [0.25, 0.3) is 0 Å². The highest BCUT2D eigenvalue weighted by molar-refractivity contribution is 5.79. The molecular weight excluding hydrogens is 218 g/mol. The van der Waals surface area contributed by atoms with Crippen LogP contribution in [0.3, 0.4) is 0 Å². The molecule has 16 heavy (non-hydrogen) atoms. The lowest BCUT2D eigenvalue weighted by molar-refractivity contribution is 0.128. The normalized spacial score (nSPS) is 11.6. The summed E-state index contributed by atoms with van der Waals surface area (Å²) in [5.74, 6) is -1.70. The summed E-state index contributed by atoms with van der Waals surface area (Å²) in [5.41, 5.74) is 5.78. The van der Waals surface area contributed by atoms with Crippen molar-refractivity contribution >= 4 is 5.84 Å². The van der Waals surface area contributed by atoms with Crippen molar-refractivity contribution in [2.75, 3.05) is 6.61 Å². The first-order chi connectivity index (χ1) is 7.63. The van der Waals surface area contributed by atoms with E-state index >= 15 is 0 Å². The minimum Gasteiger partial charge on any atom is -0.396 e. The Hall–Kier alpha value is -1.69. The molecule has 0 unspecified atom stereocenters. The van der Waals surface area contributed by atoms with Gasteiger partial charge < -0.3 is 15.7 Å². The fourth-order valence-corrected chi connectivity index (χ4v) is 0.979. The van der Waals surface area contributed by atoms with Gasteiger partial charge in [0, 0.05) is 6.42 Å². The number of halogens is 2. The first-order valence-corrected chi connectivity index (χ1v) is 4.62. The third-order valence-electron chi connectivity index (χ3n) is 1.76. The maximum absolute atomic E-state index is 12.8. The Balaban J connectivity index is 2.49. The van der Waals surface area contributed by atoms with Crippen molar-refractivity contribution in [3.63, 3.8) is 0 Å². The van der Waals surface area contributed by atoms with Gasteiger partial charge in [0.1, 0.15) is 12.4 Å². The van der Waals surface area contributed by atoms with Crippen molar-refractivity contribution in [3.05, 3.63) is 35.4 Å². The van der Waals surface area contributed by atoms with Gasteiger partial charge >= 0.3 is 0 Å². The molecule has 0 atom stereocenters. The second kappa shape index (κ2) is 6.02. The number of hydrogen-bond acceptors (Lipinski definition) is 3. The average Bonchev–Trinajstić information content (AvgIpc) is 2.24. The van der Waals surface area contributed by atoms with E-state index in [1.807, 2.05) is 0 Å². The number of oxime groups is 1. The van der Waals surface area contributed by atoms with Crippen LogP contribution in [-0.4, -0.2) is 17.5 Å². The van der Waals surface area contributed by atoms with Crippen LogP contribution in [-0.2, 0) is 11.4 Å². The van der Waals surface area contributed by atoms with E-state index in [4.69, 9.17) is 15.7 Å². The van der Waals surface area contributed by atoms with Crippen LogP contribution >= 0.6 is 0 Å². The third-order valence-corrected chi connectivity index (χ3v) is 1.76. The largest absolute Gasteiger partial charge is 0.396 e. The van der Waals surface area contributed by atoms with E-state index in [1.54, 1.807) is 0 Å². The molecule has 0 radical (unpaired) electrons. The topological polar surface area (TPSA) is 67.8 Å². The van der Waals surface area contributed by atoms with Gasteiger partial charge in [-0.25, -0.2) is 8.78 Å². The molecule has 0 aliphatic rings. The van der Waals surface area contributed by atoms with E-state index in [-0.39, 0.29) is 25.5 Å². The highest BCUT2D eigenvalue weighted by Crippen LogP contribution is 2.09. The van der Waals surface area contributed by atoms with Gasteiger partial charge in [-0.1, -0.05) is 11.2 Å². The minimum atomic E-state index is -0.937. The molecule has 0 aliphatic heterocycles. The monoisotopic (exact) mass is 230 g/mol. The highest BCUT2D eigenvalue weighted by atomic mass is 19.2. The zero-order valence-electron chi connectivity index (χ0n) is 8.49. The molecule has 0 saturated heterocycles. The molecule has 1 aromatic carbocycles. The van der Waals surface area contributed by atoms with Gasteiger partial charge in [0.15, 0.2) is 11.6 Å². The maximum Gasteiger partial charge on any atom is 0.159 e. The Kier molecular flexibility index (Phi) is 4.65. The van der Waals surface area contributed by atoms with Crippen LogP contribution in [0.5, 0.6) is 0 Å². The van der Waals surface area contributed by atoms with Crippen molar-refractivity contribution in [2.45, 2.75) is 13.0 Å². The first kappa shape index (κ1) is 12.4. The van der Waals surface area contributed by atoms with E-state index < -0.39 is 11.6 Å². The van der Waals surface area contributed by atoms with E-state index in [0.29, 0.717) is 5.56 Å². The number of aliphatic hydroxyl groups is 1. The molecule has 6 heteroatoms. The summed E-state index contributed by atoms with van der Waals surface area (Å²) in [5, 5.41) is 12.0. The summed E-state index contributed by atoms with van der Waals surface area (Å²) in [6, 6.07) is 3.41. The Morgan fingerprint density at radius 2 is 2.12 bits per heavy atom. The third kappa shape index (κ3) is 3.82. The lowest BCUT2D eigenvalue weighted by Gasteiger charge is -2.02. The number of benzene rings is 1. The Labute approximate surface area is 91.3 Å². The molecule has 0 saturated carbocycles. The Morgan fingerprint density at radius 1 is 1.38 bits per heavy atom. The molecule has 88 valence electrons. The zero-order chi connectivity index (χ0) is 12.0. The first-order valence-electron chi connectivity index (χ1n) is 4.62. The standard InChI is InChI=1S/C10H12F2N2O2/c11-8-2-1-7(5-9(8)12)6-16-14-10(13)3-4-15/h1-2,5,15H,3-4,6H2,(H2,13,14). The van der Waals surface area contributed by atoms with Crippen molar-refractivity contribution in [3.8, 4) is 0 Å². The van der Waals surface area contributed by atoms with Gasteiger partial charge in [0.2, 0.25) is 0 Å². The molecule has 0 fully saturated rings. The summed E-state index contributed by atoms with van der Waals surface area (Å²) >= 11 is 0. The van der Waals surface area contributed by atoms with Crippen LogP contribution in [0.15, 0.2) is 23.4 Å². The number of aliphatic hydroxyl groups excluding tert-OH is 1. The molecular formula is C10H12F2N2O2. The van der Waals surface area contributed by atoms with Crippen LogP contribution < -0.4 is 5.73 Å². The van der Waals surface area contributed by atoms with E-state index in [2.05, 4.69) is 5.16 Å². The SMILES string of the molecule is N/C(CCO)=N\OCc1ccc(F)c(F)c1. The van der Waals surface area contributed by atoms with E-state index in [1.165, 1.54) is 6.07 Å². The summed E-state index contributed by atoms with van der Waals surface area (Å²) in [7, 11) is 0. The second-order valence-corrected chi connectivity index (χ2v) is 3.08. The molecule has 1 rings (SSSR count). The minimum absolute atomic E-state index is 0.0106. The molecule has 0 aliphatic carbocycles. The van der Waals surface area contributed by atoms with Crippen LogP contribution in [0.2, 0.25) is 0 Å². The zero-order valence-corrected chi connectivity index (χ0v) is 8.49. The lowest BCUT2D eigenvalue weighted by Crippen LogP contribution is -2.13. The predicted octanol–water partition coefficient (Wildman–Crippen LogP) is 1.14. The average molecular weight is 230 g/mol. The van der Waals surface area contributed by atoms with Crippen LogP contribution in [0, 0.1) is 11.6 Å². The number of rotatable bonds is 5. The van der Waals surface area contributed by atoms with Crippen LogP contribution in [0.4, 0.5) is 8.78 Å². The molecule has 0 bridgehead atoms.